The topological polar surface area (TPSA) is 32.3 Å². The Bertz CT molecular complexity index is 527. The van der Waals surface area contributed by atoms with Gasteiger partial charge in [-0.25, -0.2) is 0 Å². The van der Waals surface area contributed by atoms with Gasteiger partial charge in [0, 0.05) is 30.7 Å². The molecule has 2 aliphatic rings. The van der Waals surface area contributed by atoms with Crippen molar-refractivity contribution in [3.63, 3.8) is 0 Å². The minimum atomic E-state index is -4.37. The van der Waals surface area contributed by atoms with E-state index in [1.54, 1.807) is 4.90 Å². The predicted molar refractivity (Wildman–Crippen MR) is 71.9 cm³/mol. The van der Waals surface area contributed by atoms with E-state index < -0.39 is 11.7 Å². The lowest BCUT2D eigenvalue weighted by Crippen LogP contribution is -2.39. The van der Waals surface area contributed by atoms with Crippen LogP contribution in [0.3, 0.4) is 0 Å². The van der Waals surface area contributed by atoms with Crippen LogP contribution in [-0.4, -0.2) is 36.0 Å². The highest BCUT2D eigenvalue weighted by Crippen LogP contribution is 2.29. The average molecular weight is 298 g/mol. The van der Waals surface area contributed by atoms with Gasteiger partial charge in [0.1, 0.15) is 0 Å². The molecule has 1 aromatic rings. The van der Waals surface area contributed by atoms with Gasteiger partial charge in [0.05, 0.1) is 5.56 Å². The Hall–Kier alpha value is -1.56. The van der Waals surface area contributed by atoms with Crippen molar-refractivity contribution in [2.24, 2.45) is 0 Å². The summed E-state index contributed by atoms with van der Waals surface area (Å²) < 4.78 is 37.6. The van der Waals surface area contributed by atoms with Crippen molar-refractivity contribution in [2.75, 3.05) is 13.1 Å². The molecule has 0 radical (unpaired) electrons. The zero-order chi connectivity index (χ0) is 15.0. The monoisotopic (exact) mass is 298 g/mol. The molecule has 114 valence electrons. The molecule has 2 bridgehead atoms. The SMILES string of the molecule is O=C(c1ccc(C(F)(F)F)cc1)N1CCC2CCC(C1)N2. The molecule has 0 saturated carbocycles. The van der Waals surface area contributed by atoms with Crippen molar-refractivity contribution < 1.29 is 18.0 Å². The summed E-state index contributed by atoms with van der Waals surface area (Å²) in [6.45, 7) is 1.30. The van der Waals surface area contributed by atoms with Gasteiger partial charge >= 0.3 is 6.18 Å². The molecule has 6 heteroatoms. The molecule has 0 aromatic heterocycles. The molecule has 2 unspecified atom stereocenters. The number of amides is 1. The fourth-order valence-electron chi connectivity index (χ4n) is 3.11. The molecule has 2 aliphatic heterocycles. The van der Waals surface area contributed by atoms with Gasteiger partial charge < -0.3 is 10.2 Å². The highest BCUT2D eigenvalue weighted by atomic mass is 19.4. The Morgan fingerprint density at radius 2 is 1.76 bits per heavy atom. The van der Waals surface area contributed by atoms with Gasteiger partial charge in [0.15, 0.2) is 0 Å². The van der Waals surface area contributed by atoms with E-state index >= 15 is 0 Å². The van der Waals surface area contributed by atoms with E-state index in [2.05, 4.69) is 5.32 Å². The third-order valence-corrected chi connectivity index (χ3v) is 4.27. The maximum atomic E-state index is 12.5. The second kappa shape index (κ2) is 5.33. The number of hydrogen-bond acceptors (Lipinski definition) is 2. The summed E-state index contributed by atoms with van der Waals surface area (Å²) in [5.74, 6) is -0.182. The van der Waals surface area contributed by atoms with Crippen LogP contribution in [0.5, 0.6) is 0 Å². The molecule has 2 heterocycles. The summed E-state index contributed by atoms with van der Waals surface area (Å²) >= 11 is 0. The smallest absolute Gasteiger partial charge is 0.337 e. The summed E-state index contributed by atoms with van der Waals surface area (Å²) in [5.41, 5.74) is -0.406. The molecule has 3 rings (SSSR count). The number of alkyl halides is 3. The van der Waals surface area contributed by atoms with Crippen LogP contribution >= 0.6 is 0 Å². The van der Waals surface area contributed by atoms with Gasteiger partial charge in [-0.15, -0.1) is 0 Å². The van der Waals surface area contributed by atoms with Gasteiger partial charge in [-0.1, -0.05) is 0 Å². The van der Waals surface area contributed by atoms with Gasteiger partial charge in [-0.2, -0.15) is 13.2 Å². The molecule has 1 amide bonds. The maximum Gasteiger partial charge on any atom is 0.416 e. The molecule has 2 saturated heterocycles. The minimum absolute atomic E-state index is 0.182. The lowest BCUT2D eigenvalue weighted by atomic mass is 10.1. The maximum absolute atomic E-state index is 12.5. The second-order valence-corrected chi connectivity index (χ2v) is 5.75. The highest BCUT2D eigenvalue weighted by molar-refractivity contribution is 5.94. The second-order valence-electron chi connectivity index (χ2n) is 5.75. The van der Waals surface area contributed by atoms with Crippen molar-refractivity contribution in [3.8, 4) is 0 Å². The zero-order valence-electron chi connectivity index (χ0n) is 11.5. The standard InChI is InChI=1S/C15H17F3N2O/c16-15(17,18)11-3-1-10(2-4-11)14(21)20-8-7-12-5-6-13(9-20)19-12/h1-4,12-13,19H,5-9H2. The van der Waals surface area contributed by atoms with Crippen LogP contribution in [0.2, 0.25) is 0 Å². The summed E-state index contributed by atoms with van der Waals surface area (Å²) in [6.07, 6.45) is -1.26. The van der Waals surface area contributed by atoms with Crippen LogP contribution < -0.4 is 5.32 Å². The third-order valence-electron chi connectivity index (χ3n) is 4.27. The van der Waals surface area contributed by atoms with E-state index in [1.807, 2.05) is 0 Å². The fraction of sp³-hybridized carbons (Fsp3) is 0.533. The van der Waals surface area contributed by atoms with Gasteiger partial charge in [-0.3, -0.25) is 4.79 Å². The fourth-order valence-corrected chi connectivity index (χ4v) is 3.11. The van der Waals surface area contributed by atoms with E-state index in [-0.39, 0.29) is 5.91 Å². The van der Waals surface area contributed by atoms with E-state index in [0.717, 1.165) is 31.4 Å². The molecule has 0 aliphatic carbocycles. The number of nitrogens with zero attached hydrogens (tertiary/aromatic N) is 1. The van der Waals surface area contributed by atoms with Crippen LogP contribution in [0, 0.1) is 0 Å². The van der Waals surface area contributed by atoms with Crippen molar-refractivity contribution in [2.45, 2.75) is 37.5 Å². The third kappa shape index (κ3) is 3.05. The molecular formula is C15H17F3N2O. The number of fused-ring (bicyclic) bond motifs is 2. The Morgan fingerprint density at radius 3 is 2.43 bits per heavy atom. The number of benzene rings is 1. The van der Waals surface area contributed by atoms with Crippen LogP contribution in [0.1, 0.15) is 35.2 Å². The summed E-state index contributed by atoms with van der Waals surface area (Å²) in [7, 11) is 0. The van der Waals surface area contributed by atoms with Crippen molar-refractivity contribution in [1.82, 2.24) is 10.2 Å². The molecule has 2 atom stereocenters. The van der Waals surface area contributed by atoms with E-state index in [9.17, 15) is 18.0 Å². The summed E-state index contributed by atoms with van der Waals surface area (Å²) in [4.78, 5) is 14.2. The lowest BCUT2D eigenvalue weighted by Gasteiger charge is -2.24. The van der Waals surface area contributed by atoms with E-state index in [0.29, 0.717) is 30.7 Å². The molecule has 3 nitrogen and oxygen atoms in total. The predicted octanol–water partition coefficient (Wildman–Crippen LogP) is 2.67. The number of carbonyl (C=O) groups is 1. The first-order valence-corrected chi connectivity index (χ1v) is 7.16. The molecular weight excluding hydrogens is 281 g/mol. The molecule has 1 aromatic carbocycles. The lowest BCUT2D eigenvalue weighted by molar-refractivity contribution is -0.137. The van der Waals surface area contributed by atoms with E-state index in [4.69, 9.17) is 0 Å². The van der Waals surface area contributed by atoms with Crippen LogP contribution in [0.4, 0.5) is 13.2 Å². The summed E-state index contributed by atoms with van der Waals surface area (Å²) in [6, 6.07) is 5.25. The van der Waals surface area contributed by atoms with Crippen LogP contribution in [0.15, 0.2) is 24.3 Å². The first-order chi connectivity index (χ1) is 9.93. The largest absolute Gasteiger partial charge is 0.416 e. The molecule has 0 spiro atoms. The Balaban J connectivity index is 1.73. The number of carbonyl (C=O) groups excluding carboxylic acids is 1. The van der Waals surface area contributed by atoms with Crippen molar-refractivity contribution in [1.29, 1.82) is 0 Å². The van der Waals surface area contributed by atoms with Crippen molar-refractivity contribution >= 4 is 5.91 Å². The molecule has 1 N–H and O–H groups in total. The van der Waals surface area contributed by atoms with E-state index in [1.165, 1.54) is 12.1 Å². The number of nitrogens with one attached hydrogen (secondary N) is 1. The zero-order valence-corrected chi connectivity index (χ0v) is 11.5. The number of rotatable bonds is 1. The molecule has 21 heavy (non-hydrogen) atoms. The highest BCUT2D eigenvalue weighted by Gasteiger charge is 2.33. The minimum Gasteiger partial charge on any atom is -0.337 e. The average Bonchev–Trinajstić information content (AvgIpc) is 2.77. The van der Waals surface area contributed by atoms with Crippen LogP contribution in [0.25, 0.3) is 0 Å². The van der Waals surface area contributed by atoms with Gasteiger partial charge in [0.25, 0.3) is 5.91 Å². The Labute approximate surface area is 121 Å². The number of halogens is 3. The first-order valence-electron chi connectivity index (χ1n) is 7.16. The Kier molecular flexibility index (Phi) is 3.65. The number of hydrogen-bond donors (Lipinski definition) is 1. The number of likely N-dealkylation sites (tertiary alicyclic amines) is 1. The van der Waals surface area contributed by atoms with Crippen molar-refractivity contribution in [3.05, 3.63) is 35.4 Å². The normalized spacial score (nSPS) is 25.8. The first kappa shape index (κ1) is 14.4. The Morgan fingerprint density at radius 1 is 1.10 bits per heavy atom. The quantitative estimate of drug-likeness (QED) is 0.864. The summed E-state index contributed by atoms with van der Waals surface area (Å²) in [5, 5.41) is 3.48. The van der Waals surface area contributed by atoms with Gasteiger partial charge in [-0.05, 0) is 43.5 Å². The van der Waals surface area contributed by atoms with Gasteiger partial charge in [0.2, 0.25) is 0 Å². The molecule has 2 fully saturated rings. The van der Waals surface area contributed by atoms with Crippen LogP contribution in [-0.2, 0) is 6.18 Å².